The van der Waals surface area contributed by atoms with E-state index >= 15 is 0 Å². The zero-order chi connectivity index (χ0) is 13.5. The molecule has 19 heavy (non-hydrogen) atoms. The minimum atomic E-state index is 0.0297. The van der Waals surface area contributed by atoms with Gasteiger partial charge in [-0.2, -0.15) is 0 Å². The molecule has 2 rings (SSSR count). The molecule has 0 aliphatic carbocycles. The molecule has 1 atom stereocenters. The molecule has 0 amide bonds. The molecule has 1 aromatic rings. The van der Waals surface area contributed by atoms with E-state index in [1.165, 1.54) is 12.8 Å². The fraction of sp³-hybridized carbons (Fsp3) is 0.571. The van der Waals surface area contributed by atoms with Crippen LogP contribution in [-0.4, -0.2) is 30.0 Å². The van der Waals surface area contributed by atoms with Crippen molar-refractivity contribution in [2.24, 2.45) is 5.16 Å². The van der Waals surface area contributed by atoms with Gasteiger partial charge in [0.15, 0.2) is 6.10 Å². The van der Waals surface area contributed by atoms with Gasteiger partial charge in [-0.3, -0.25) is 4.98 Å². The molecule has 0 radical (unpaired) electrons. The Balaban J connectivity index is 1.72. The van der Waals surface area contributed by atoms with Crippen LogP contribution in [0, 0.1) is 0 Å². The summed E-state index contributed by atoms with van der Waals surface area (Å²) in [6.07, 6.45) is 6.11. The summed E-state index contributed by atoms with van der Waals surface area (Å²) in [4.78, 5) is 9.69. The number of pyridine rings is 1. The second-order valence-corrected chi connectivity index (χ2v) is 5.53. The van der Waals surface area contributed by atoms with Crippen LogP contribution in [-0.2, 0) is 9.57 Å². The molecule has 1 aliphatic rings. The maximum atomic E-state index is 5.60. The fourth-order valence-corrected chi connectivity index (χ4v) is 2.12. The SMILES string of the molecule is CCCCCOCC1CC(c2ccc(Br)cn2)=NO1. The van der Waals surface area contributed by atoms with E-state index in [-0.39, 0.29) is 6.10 Å². The third-order valence-electron chi connectivity index (χ3n) is 2.95. The van der Waals surface area contributed by atoms with Crippen LogP contribution in [0.2, 0.25) is 0 Å². The number of unbranched alkanes of at least 4 members (excludes halogenated alkanes) is 2. The molecule has 0 aromatic carbocycles. The van der Waals surface area contributed by atoms with E-state index < -0.39 is 0 Å². The van der Waals surface area contributed by atoms with Gasteiger partial charge in [-0.25, -0.2) is 0 Å². The van der Waals surface area contributed by atoms with Crippen LogP contribution in [0.3, 0.4) is 0 Å². The number of aromatic nitrogens is 1. The summed E-state index contributed by atoms with van der Waals surface area (Å²) >= 11 is 3.37. The molecule has 0 bridgehead atoms. The summed E-state index contributed by atoms with van der Waals surface area (Å²) in [5.41, 5.74) is 1.77. The Morgan fingerprint density at radius 3 is 3.05 bits per heavy atom. The molecule has 5 heteroatoms. The van der Waals surface area contributed by atoms with Gasteiger partial charge in [0.25, 0.3) is 0 Å². The molecule has 2 heterocycles. The Morgan fingerprint density at radius 1 is 1.42 bits per heavy atom. The number of nitrogens with zero attached hydrogens (tertiary/aromatic N) is 2. The zero-order valence-electron chi connectivity index (χ0n) is 11.1. The first kappa shape index (κ1) is 14.5. The molecule has 1 unspecified atom stereocenters. The van der Waals surface area contributed by atoms with Crippen molar-refractivity contribution < 1.29 is 9.57 Å². The number of hydrogen-bond donors (Lipinski definition) is 0. The smallest absolute Gasteiger partial charge is 0.156 e. The van der Waals surface area contributed by atoms with Gasteiger partial charge in [0.05, 0.1) is 12.3 Å². The Bertz CT molecular complexity index is 420. The van der Waals surface area contributed by atoms with Crippen molar-refractivity contribution in [1.82, 2.24) is 4.98 Å². The first-order chi connectivity index (χ1) is 9.29. The highest BCUT2D eigenvalue weighted by atomic mass is 79.9. The molecule has 1 aromatic heterocycles. The summed E-state index contributed by atoms with van der Waals surface area (Å²) in [5, 5.41) is 4.09. The number of oxime groups is 1. The normalized spacial score (nSPS) is 18.2. The highest BCUT2D eigenvalue weighted by Crippen LogP contribution is 2.17. The maximum Gasteiger partial charge on any atom is 0.156 e. The molecule has 0 spiro atoms. The van der Waals surface area contributed by atoms with E-state index in [0.717, 1.165) is 35.3 Å². The highest BCUT2D eigenvalue weighted by Gasteiger charge is 2.22. The zero-order valence-corrected chi connectivity index (χ0v) is 12.7. The van der Waals surface area contributed by atoms with Crippen molar-refractivity contribution in [2.75, 3.05) is 13.2 Å². The number of halogens is 1. The third-order valence-corrected chi connectivity index (χ3v) is 3.42. The van der Waals surface area contributed by atoms with Gasteiger partial charge in [0.2, 0.25) is 0 Å². The van der Waals surface area contributed by atoms with E-state index in [0.29, 0.717) is 6.61 Å². The fourth-order valence-electron chi connectivity index (χ4n) is 1.88. The van der Waals surface area contributed by atoms with E-state index in [1.807, 2.05) is 12.1 Å². The Morgan fingerprint density at radius 2 is 2.32 bits per heavy atom. The van der Waals surface area contributed by atoms with Crippen LogP contribution in [0.1, 0.15) is 38.3 Å². The van der Waals surface area contributed by atoms with E-state index in [1.54, 1.807) is 6.20 Å². The van der Waals surface area contributed by atoms with Crippen LogP contribution in [0.5, 0.6) is 0 Å². The molecular formula is C14H19BrN2O2. The summed E-state index contributed by atoms with van der Waals surface area (Å²) in [7, 11) is 0. The predicted octanol–water partition coefficient (Wildman–Crippen LogP) is 3.54. The molecular weight excluding hydrogens is 308 g/mol. The second-order valence-electron chi connectivity index (χ2n) is 4.61. The monoisotopic (exact) mass is 326 g/mol. The molecule has 4 nitrogen and oxygen atoms in total. The second kappa shape index (κ2) is 7.60. The van der Waals surface area contributed by atoms with E-state index in [9.17, 15) is 0 Å². The maximum absolute atomic E-state index is 5.60. The van der Waals surface area contributed by atoms with E-state index in [2.05, 4.69) is 33.0 Å². The van der Waals surface area contributed by atoms with Gasteiger partial charge in [-0.05, 0) is 34.5 Å². The van der Waals surface area contributed by atoms with Crippen LogP contribution in [0.4, 0.5) is 0 Å². The minimum Gasteiger partial charge on any atom is -0.389 e. The number of rotatable bonds is 7. The molecule has 0 N–H and O–H groups in total. The predicted molar refractivity (Wildman–Crippen MR) is 78.3 cm³/mol. The van der Waals surface area contributed by atoms with Crippen LogP contribution >= 0.6 is 15.9 Å². The standard InChI is InChI=1S/C14H19BrN2O2/c1-2-3-4-7-18-10-12-8-14(17-19-12)13-6-5-11(15)9-16-13/h5-6,9,12H,2-4,7-8,10H2,1H3. The Hall–Kier alpha value is -0.940. The number of ether oxygens (including phenoxy) is 1. The van der Waals surface area contributed by atoms with Gasteiger partial charge in [-0.1, -0.05) is 24.9 Å². The van der Waals surface area contributed by atoms with Crippen LogP contribution < -0.4 is 0 Å². The van der Waals surface area contributed by atoms with Crippen molar-refractivity contribution in [3.63, 3.8) is 0 Å². The van der Waals surface area contributed by atoms with Gasteiger partial charge < -0.3 is 9.57 Å². The quantitative estimate of drug-likeness (QED) is 0.720. The summed E-state index contributed by atoms with van der Waals surface area (Å²) < 4.78 is 6.56. The van der Waals surface area contributed by atoms with Crippen molar-refractivity contribution in [1.29, 1.82) is 0 Å². The number of hydrogen-bond acceptors (Lipinski definition) is 4. The summed E-state index contributed by atoms with van der Waals surface area (Å²) in [5.74, 6) is 0. The Kier molecular flexibility index (Phi) is 5.79. The molecule has 1 aliphatic heterocycles. The van der Waals surface area contributed by atoms with Crippen LogP contribution in [0.25, 0.3) is 0 Å². The van der Waals surface area contributed by atoms with Gasteiger partial charge in [0, 0.05) is 23.7 Å². The van der Waals surface area contributed by atoms with Crippen molar-refractivity contribution >= 4 is 21.6 Å². The molecule has 0 saturated carbocycles. The minimum absolute atomic E-state index is 0.0297. The highest BCUT2D eigenvalue weighted by molar-refractivity contribution is 9.10. The average molecular weight is 327 g/mol. The van der Waals surface area contributed by atoms with Gasteiger partial charge in [-0.15, -0.1) is 0 Å². The van der Waals surface area contributed by atoms with E-state index in [4.69, 9.17) is 9.57 Å². The summed E-state index contributed by atoms with van der Waals surface area (Å²) in [6, 6.07) is 3.90. The third kappa shape index (κ3) is 4.58. The lowest BCUT2D eigenvalue weighted by Gasteiger charge is -2.08. The average Bonchev–Trinajstić information content (AvgIpc) is 2.88. The van der Waals surface area contributed by atoms with Crippen molar-refractivity contribution in [3.8, 4) is 0 Å². The summed E-state index contributed by atoms with van der Waals surface area (Å²) in [6.45, 7) is 3.60. The lowest BCUT2D eigenvalue weighted by molar-refractivity contribution is 0.00201. The first-order valence-corrected chi connectivity index (χ1v) is 7.51. The molecule has 104 valence electrons. The van der Waals surface area contributed by atoms with Gasteiger partial charge >= 0.3 is 0 Å². The van der Waals surface area contributed by atoms with Crippen LogP contribution in [0.15, 0.2) is 28.0 Å². The first-order valence-electron chi connectivity index (χ1n) is 6.72. The van der Waals surface area contributed by atoms with Gasteiger partial charge in [0.1, 0.15) is 5.71 Å². The lowest BCUT2D eigenvalue weighted by atomic mass is 10.1. The molecule has 0 fully saturated rings. The topological polar surface area (TPSA) is 43.7 Å². The van der Waals surface area contributed by atoms with Crippen molar-refractivity contribution in [2.45, 2.75) is 38.7 Å². The largest absolute Gasteiger partial charge is 0.389 e. The Labute approximate surface area is 122 Å². The molecule has 0 saturated heterocycles. The lowest BCUT2D eigenvalue weighted by Crippen LogP contribution is -2.17. The van der Waals surface area contributed by atoms with Crippen molar-refractivity contribution in [3.05, 3.63) is 28.5 Å².